The molecular weight excluding hydrogens is 700 g/mol. The van der Waals surface area contributed by atoms with E-state index in [4.69, 9.17) is 28.0 Å². The summed E-state index contributed by atoms with van der Waals surface area (Å²) in [6, 6.07) is -7.63. The zero-order chi connectivity index (χ0) is 41.0. The SMILES string of the molecule is CC(C)C[C@H](NC(=O)[C@H](CC(N)=O)NC(=O)[C@H](C)NC(=O)[C@H](C)NC(=O)CN)C(=O)N[C@H](C(=O)N[C@@H](CCCN=C(N)N)C(=O)NCC(=O)O)C(C)C. The number of primary amides is 1. The molecular formula is C31H56N12O10. The van der Waals surface area contributed by atoms with Crippen LogP contribution >= 0.6 is 0 Å². The van der Waals surface area contributed by atoms with Gasteiger partial charge in [-0.25, -0.2) is 0 Å². The van der Waals surface area contributed by atoms with E-state index in [0.29, 0.717) is 0 Å². The maximum absolute atomic E-state index is 13.6. The minimum atomic E-state index is -1.58. The molecule has 0 aromatic heterocycles. The molecule has 0 saturated carbocycles. The molecule has 22 heteroatoms. The first-order valence-corrected chi connectivity index (χ1v) is 16.9. The average Bonchev–Trinajstić information content (AvgIpc) is 3.05. The predicted molar refractivity (Wildman–Crippen MR) is 191 cm³/mol. The molecule has 8 amide bonds. The van der Waals surface area contributed by atoms with Crippen molar-refractivity contribution in [3.63, 3.8) is 0 Å². The van der Waals surface area contributed by atoms with Crippen molar-refractivity contribution in [2.45, 2.75) is 103 Å². The van der Waals surface area contributed by atoms with Crippen LogP contribution in [0.25, 0.3) is 0 Å². The Hall–Kier alpha value is -5.54. The predicted octanol–water partition coefficient (Wildman–Crippen LogP) is -5.27. The van der Waals surface area contributed by atoms with E-state index in [1.165, 1.54) is 13.8 Å². The highest BCUT2D eigenvalue weighted by atomic mass is 16.4. The maximum Gasteiger partial charge on any atom is 0.322 e. The van der Waals surface area contributed by atoms with Crippen LogP contribution in [0.1, 0.15) is 67.2 Å². The Labute approximate surface area is 307 Å². The molecule has 6 atom stereocenters. The number of carbonyl (C=O) groups excluding carboxylic acids is 8. The molecule has 0 bridgehead atoms. The van der Waals surface area contributed by atoms with E-state index in [1.807, 2.05) is 0 Å². The lowest BCUT2D eigenvalue weighted by molar-refractivity contribution is -0.139. The molecule has 0 heterocycles. The van der Waals surface area contributed by atoms with Gasteiger partial charge in [-0.1, -0.05) is 27.7 Å². The van der Waals surface area contributed by atoms with Crippen molar-refractivity contribution in [3.05, 3.63) is 0 Å². The maximum atomic E-state index is 13.6. The molecule has 0 spiro atoms. The largest absolute Gasteiger partial charge is 0.480 e. The second-order valence-electron chi connectivity index (χ2n) is 13.0. The van der Waals surface area contributed by atoms with Crippen LogP contribution in [-0.2, 0) is 43.2 Å². The quantitative estimate of drug-likeness (QED) is 0.0249. The molecule has 16 N–H and O–H groups in total. The first-order chi connectivity index (χ1) is 24.6. The number of nitrogens with two attached hydrogens (primary N) is 4. The van der Waals surface area contributed by atoms with Crippen molar-refractivity contribution in [2.24, 2.45) is 39.8 Å². The van der Waals surface area contributed by atoms with E-state index in [9.17, 15) is 43.2 Å². The molecule has 0 aliphatic rings. The number of carboxylic acids is 1. The summed E-state index contributed by atoms with van der Waals surface area (Å²) in [5.41, 5.74) is 21.2. The van der Waals surface area contributed by atoms with Crippen molar-refractivity contribution >= 4 is 59.2 Å². The Balaban J connectivity index is 6.00. The van der Waals surface area contributed by atoms with Crippen LogP contribution in [0.3, 0.4) is 0 Å². The van der Waals surface area contributed by atoms with Gasteiger partial charge in [0.05, 0.1) is 13.0 Å². The monoisotopic (exact) mass is 756 g/mol. The fraction of sp³-hybridized carbons (Fsp3) is 0.677. The summed E-state index contributed by atoms with van der Waals surface area (Å²) < 4.78 is 0. The number of carboxylic acid groups (broad SMARTS) is 1. The molecule has 300 valence electrons. The number of amides is 8. The summed E-state index contributed by atoms with van der Waals surface area (Å²) in [5, 5.41) is 25.8. The molecule has 22 nitrogen and oxygen atoms in total. The Morgan fingerprint density at radius 2 is 1.17 bits per heavy atom. The van der Waals surface area contributed by atoms with Crippen molar-refractivity contribution < 1.29 is 48.3 Å². The van der Waals surface area contributed by atoms with Gasteiger partial charge in [0.2, 0.25) is 47.3 Å². The van der Waals surface area contributed by atoms with E-state index in [-0.39, 0.29) is 44.2 Å². The molecule has 0 radical (unpaired) electrons. The van der Waals surface area contributed by atoms with Crippen LogP contribution in [0.4, 0.5) is 0 Å². The lowest BCUT2D eigenvalue weighted by Gasteiger charge is -2.28. The summed E-state index contributed by atoms with van der Waals surface area (Å²) >= 11 is 0. The first kappa shape index (κ1) is 47.5. The highest BCUT2D eigenvalue weighted by molar-refractivity contribution is 5.98. The third kappa shape index (κ3) is 19.6. The van der Waals surface area contributed by atoms with Crippen molar-refractivity contribution in [1.29, 1.82) is 0 Å². The second-order valence-corrected chi connectivity index (χ2v) is 13.0. The number of aliphatic imine (C=N–C) groups is 1. The van der Waals surface area contributed by atoms with Gasteiger partial charge in [0.1, 0.15) is 42.8 Å². The summed E-state index contributed by atoms with van der Waals surface area (Å²) in [6.45, 7) is 8.43. The molecule has 0 rings (SSSR count). The van der Waals surface area contributed by atoms with Gasteiger partial charge in [-0.2, -0.15) is 0 Å². The molecule has 0 aromatic rings. The summed E-state index contributed by atoms with van der Waals surface area (Å²) in [4.78, 5) is 117. The Morgan fingerprint density at radius 3 is 1.68 bits per heavy atom. The number of guanidine groups is 1. The highest BCUT2D eigenvalue weighted by Gasteiger charge is 2.34. The van der Waals surface area contributed by atoms with Gasteiger partial charge >= 0.3 is 5.97 Å². The molecule has 0 saturated heterocycles. The summed E-state index contributed by atoms with van der Waals surface area (Å²) in [7, 11) is 0. The van der Waals surface area contributed by atoms with Crippen LogP contribution in [0.2, 0.25) is 0 Å². The number of nitrogens with one attached hydrogen (secondary N) is 7. The van der Waals surface area contributed by atoms with E-state index in [2.05, 4.69) is 42.2 Å². The van der Waals surface area contributed by atoms with E-state index < -0.39 is 108 Å². The lowest BCUT2D eigenvalue weighted by atomic mass is 9.99. The molecule has 0 unspecified atom stereocenters. The Bertz CT molecular complexity index is 1350. The summed E-state index contributed by atoms with van der Waals surface area (Å²) in [6.07, 6.45) is -0.392. The lowest BCUT2D eigenvalue weighted by Crippen LogP contribution is -2.60. The molecule has 0 aromatic carbocycles. The fourth-order valence-corrected chi connectivity index (χ4v) is 4.56. The van der Waals surface area contributed by atoms with Gasteiger partial charge in [0.25, 0.3) is 0 Å². The molecule has 53 heavy (non-hydrogen) atoms. The van der Waals surface area contributed by atoms with Gasteiger partial charge in [0.15, 0.2) is 5.96 Å². The standard InChI is InChI=1S/C31H56N12O10/c1-14(2)10-19(42-28(51)20(11-21(33)44)41-26(49)17(6)39-25(48)16(5)38-22(45)12-32)29(52)43-24(15(3)4)30(53)40-18(8-7-9-36-31(34)35)27(50)37-13-23(46)47/h14-20,24H,7-13,32H2,1-6H3,(H2,33,44)(H,37,50)(H,38,45)(H,39,48)(H,40,53)(H,41,49)(H,42,51)(H,43,52)(H,46,47)(H4,34,35,36)/t16-,17-,18-,19-,20-,24-/m0/s1. The molecule has 0 aliphatic heterocycles. The topological polar surface area (TPSA) is 375 Å². The number of aliphatic carboxylic acids is 1. The molecule has 0 aliphatic carbocycles. The van der Waals surface area contributed by atoms with Crippen LogP contribution < -0.4 is 60.2 Å². The van der Waals surface area contributed by atoms with E-state index in [1.54, 1.807) is 27.7 Å². The third-order valence-corrected chi connectivity index (χ3v) is 7.33. The number of hydrogen-bond donors (Lipinski definition) is 12. The number of nitrogens with zero attached hydrogens (tertiary/aromatic N) is 1. The first-order valence-electron chi connectivity index (χ1n) is 16.9. The Kier molecular flexibility index (Phi) is 21.3. The Morgan fingerprint density at radius 1 is 0.642 bits per heavy atom. The van der Waals surface area contributed by atoms with E-state index in [0.717, 1.165) is 0 Å². The number of carbonyl (C=O) groups is 9. The van der Waals surface area contributed by atoms with Crippen LogP contribution in [0, 0.1) is 11.8 Å². The van der Waals surface area contributed by atoms with Crippen molar-refractivity contribution in [3.8, 4) is 0 Å². The summed E-state index contributed by atoms with van der Waals surface area (Å²) in [5.74, 6) is -8.80. The van der Waals surface area contributed by atoms with Gasteiger partial charge in [-0.05, 0) is 44.9 Å². The third-order valence-electron chi connectivity index (χ3n) is 7.33. The highest BCUT2D eigenvalue weighted by Crippen LogP contribution is 2.10. The molecule has 0 fully saturated rings. The normalized spacial score (nSPS) is 14.2. The second kappa shape index (κ2) is 23.8. The van der Waals surface area contributed by atoms with Crippen molar-refractivity contribution in [2.75, 3.05) is 19.6 Å². The van der Waals surface area contributed by atoms with Gasteiger partial charge < -0.3 is 65.3 Å². The zero-order valence-corrected chi connectivity index (χ0v) is 30.9. The van der Waals surface area contributed by atoms with Crippen LogP contribution in [0.15, 0.2) is 4.99 Å². The van der Waals surface area contributed by atoms with Crippen LogP contribution in [-0.4, -0.2) is 120 Å². The van der Waals surface area contributed by atoms with Gasteiger partial charge in [-0.3, -0.25) is 48.1 Å². The average molecular weight is 757 g/mol. The minimum absolute atomic E-state index is 0.0118. The number of rotatable bonds is 24. The minimum Gasteiger partial charge on any atom is -0.480 e. The van der Waals surface area contributed by atoms with E-state index >= 15 is 0 Å². The van der Waals surface area contributed by atoms with Gasteiger partial charge in [0, 0.05) is 6.54 Å². The van der Waals surface area contributed by atoms with Crippen LogP contribution in [0.5, 0.6) is 0 Å². The van der Waals surface area contributed by atoms with Gasteiger partial charge in [-0.15, -0.1) is 0 Å². The zero-order valence-electron chi connectivity index (χ0n) is 30.9. The smallest absolute Gasteiger partial charge is 0.322 e. The van der Waals surface area contributed by atoms with Crippen molar-refractivity contribution in [1.82, 2.24) is 37.2 Å². The fourth-order valence-electron chi connectivity index (χ4n) is 4.56. The number of hydrogen-bond acceptors (Lipinski definition) is 11.